The van der Waals surface area contributed by atoms with Crippen molar-refractivity contribution in [2.45, 2.75) is 12.5 Å². The number of carbonyl (C=O) groups is 2. The smallest absolute Gasteiger partial charge is 0.350 e. The Hall–Kier alpha value is -3.88. The fraction of sp³-hybridized carbons (Fsp3) is 0.179. The standard InChI is InChI=1S/C28H23ClN2O5S/c1-34-19-10-8-18(9-11-19)23-15-22(17-6-4-3-5-7-17)30-31(23)25(32)16-36-28(33)27-26(29)21-13-12-20(35-2)14-24(21)37-27/h3-14,23H,15-16H2,1-2H3/t23-/m1/s1. The number of fused-ring (bicyclic) bond motifs is 1. The third-order valence-corrected chi connectivity index (χ3v) is 7.76. The average Bonchev–Trinajstić information content (AvgIpc) is 3.54. The number of rotatable bonds is 7. The van der Waals surface area contributed by atoms with Crippen molar-refractivity contribution >= 4 is 50.6 Å². The van der Waals surface area contributed by atoms with Crippen molar-refractivity contribution in [1.82, 2.24) is 5.01 Å². The van der Waals surface area contributed by atoms with Crippen LogP contribution in [-0.2, 0) is 9.53 Å². The van der Waals surface area contributed by atoms with Crippen LogP contribution in [0.3, 0.4) is 0 Å². The fourth-order valence-electron chi connectivity index (χ4n) is 4.19. The number of hydrogen-bond acceptors (Lipinski definition) is 7. The van der Waals surface area contributed by atoms with Gasteiger partial charge < -0.3 is 14.2 Å². The fourth-order valence-corrected chi connectivity index (χ4v) is 5.62. The summed E-state index contributed by atoms with van der Waals surface area (Å²) in [6.45, 7) is -0.467. The van der Waals surface area contributed by atoms with Gasteiger partial charge in [-0.3, -0.25) is 4.79 Å². The predicted octanol–water partition coefficient (Wildman–Crippen LogP) is 6.11. The van der Waals surface area contributed by atoms with Crippen LogP contribution in [0.1, 0.15) is 33.3 Å². The molecule has 1 amide bonds. The summed E-state index contributed by atoms with van der Waals surface area (Å²) in [5, 5.41) is 7.04. The van der Waals surface area contributed by atoms with Gasteiger partial charge in [-0.15, -0.1) is 11.3 Å². The first kappa shape index (κ1) is 24.8. The van der Waals surface area contributed by atoms with E-state index < -0.39 is 18.5 Å². The number of benzene rings is 3. The first-order valence-electron chi connectivity index (χ1n) is 11.5. The van der Waals surface area contributed by atoms with Crippen LogP contribution in [0.2, 0.25) is 5.02 Å². The number of ether oxygens (including phenoxy) is 3. The van der Waals surface area contributed by atoms with Crippen LogP contribution in [-0.4, -0.2) is 43.4 Å². The molecule has 0 bridgehead atoms. The van der Waals surface area contributed by atoms with Gasteiger partial charge in [0.2, 0.25) is 0 Å². The first-order chi connectivity index (χ1) is 18.0. The summed E-state index contributed by atoms with van der Waals surface area (Å²) in [4.78, 5) is 26.4. The van der Waals surface area contributed by atoms with Crippen molar-refractivity contribution in [3.63, 3.8) is 0 Å². The minimum Gasteiger partial charge on any atom is -0.497 e. The number of carbonyl (C=O) groups excluding carboxylic acids is 2. The van der Waals surface area contributed by atoms with Crippen molar-refractivity contribution in [3.8, 4) is 11.5 Å². The van der Waals surface area contributed by atoms with Crippen LogP contribution >= 0.6 is 22.9 Å². The van der Waals surface area contributed by atoms with E-state index in [0.29, 0.717) is 17.2 Å². The molecule has 0 radical (unpaired) electrons. The first-order valence-corrected chi connectivity index (χ1v) is 12.7. The topological polar surface area (TPSA) is 77.4 Å². The molecular formula is C28H23ClN2O5S. The second kappa shape index (κ2) is 10.6. The number of halogens is 1. The Morgan fingerprint density at radius 3 is 2.41 bits per heavy atom. The zero-order valence-electron chi connectivity index (χ0n) is 20.1. The highest BCUT2D eigenvalue weighted by Gasteiger charge is 2.34. The van der Waals surface area contributed by atoms with Crippen LogP contribution < -0.4 is 9.47 Å². The van der Waals surface area contributed by atoms with Gasteiger partial charge in [0.25, 0.3) is 5.91 Å². The molecule has 1 atom stereocenters. The normalized spacial score (nSPS) is 14.9. The lowest BCUT2D eigenvalue weighted by atomic mass is 9.98. The van der Waals surface area contributed by atoms with E-state index in [4.69, 9.17) is 25.8 Å². The number of thiophene rings is 1. The van der Waals surface area contributed by atoms with Gasteiger partial charge in [-0.2, -0.15) is 5.10 Å². The Morgan fingerprint density at radius 1 is 1.00 bits per heavy atom. The molecule has 0 spiro atoms. The summed E-state index contributed by atoms with van der Waals surface area (Å²) in [6.07, 6.45) is 0.528. The number of hydrogen-bond donors (Lipinski definition) is 0. The van der Waals surface area contributed by atoms with Crippen LogP contribution in [0, 0.1) is 0 Å². The highest BCUT2D eigenvalue weighted by Crippen LogP contribution is 2.38. The molecule has 0 N–H and O–H groups in total. The molecule has 1 aliphatic heterocycles. The van der Waals surface area contributed by atoms with E-state index in [9.17, 15) is 9.59 Å². The van der Waals surface area contributed by atoms with Gasteiger partial charge >= 0.3 is 5.97 Å². The molecule has 0 unspecified atom stereocenters. The largest absolute Gasteiger partial charge is 0.497 e. The van der Waals surface area contributed by atoms with Crippen LogP contribution in [0.15, 0.2) is 77.9 Å². The monoisotopic (exact) mass is 534 g/mol. The summed E-state index contributed by atoms with van der Waals surface area (Å²) in [6, 6.07) is 22.2. The Bertz CT molecular complexity index is 1480. The molecule has 0 saturated heterocycles. The van der Waals surface area contributed by atoms with Crippen molar-refractivity contribution in [3.05, 3.63) is 93.8 Å². The second-order valence-corrected chi connectivity index (χ2v) is 9.76. The third-order valence-electron chi connectivity index (χ3n) is 6.12. The van der Waals surface area contributed by atoms with Gasteiger partial charge in [0.1, 0.15) is 16.4 Å². The zero-order chi connectivity index (χ0) is 25.9. The zero-order valence-corrected chi connectivity index (χ0v) is 21.7. The van der Waals surface area contributed by atoms with E-state index in [-0.39, 0.29) is 10.9 Å². The lowest BCUT2D eigenvalue weighted by Gasteiger charge is -2.22. The number of amides is 1. The predicted molar refractivity (Wildman–Crippen MR) is 144 cm³/mol. The van der Waals surface area contributed by atoms with E-state index in [2.05, 4.69) is 5.10 Å². The maximum Gasteiger partial charge on any atom is 0.350 e. The van der Waals surface area contributed by atoms with E-state index in [1.54, 1.807) is 32.4 Å². The Kier molecular flexibility index (Phi) is 7.12. The number of nitrogens with zero attached hydrogens (tertiary/aromatic N) is 2. The van der Waals surface area contributed by atoms with Crippen LogP contribution in [0.25, 0.3) is 10.1 Å². The number of esters is 1. The summed E-state index contributed by atoms with van der Waals surface area (Å²) in [5.74, 6) is 0.284. The highest BCUT2D eigenvalue weighted by atomic mass is 35.5. The maximum atomic E-state index is 13.3. The van der Waals surface area contributed by atoms with E-state index in [1.807, 2.05) is 54.6 Å². The minimum absolute atomic E-state index is 0.235. The summed E-state index contributed by atoms with van der Waals surface area (Å²) < 4.78 is 16.7. The number of hydrazone groups is 1. The van der Waals surface area contributed by atoms with E-state index >= 15 is 0 Å². The molecule has 7 nitrogen and oxygen atoms in total. The Labute approximate surface area is 222 Å². The molecule has 4 aromatic rings. The van der Waals surface area contributed by atoms with Gasteiger partial charge in [-0.1, -0.05) is 54.1 Å². The molecule has 0 fully saturated rings. The molecule has 9 heteroatoms. The summed E-state index contributed by atoms with van der Waals surface area (Å²) in [7, 11) is 3.17. The second-order valence-electron chi connectivity index (χ2n) is 8.33. The minimum atomic E-state index is -0.661. The molecule has 0 aliphatic carbocycles. The third kappa shape index (κ3) is 5.03. The molecule has 1 aromatic heterocycles. The molecular weight excluding hydrogens is 512 g/mol. The van der Waals surface area contributed by atoms with Crippen LogP contribution in [0.5, 0.6) is 11.5 Å². The van der Waals surface area contributed by atoms with Crippen molar-refractivity contribution in [2.75, 3.05) is 20.8 Å². The van der Waals surface area contributed by atoms with E-state index in [1.165, 1.54) is 16.3 Å². The van der Waals surface area contributed by atoms with Crippen LogP contribution in [0.4, 0.5) is 0 Å². The SMILES string of the molecule is COc1ccc([C@H]2CC(c3ccccc3)=NN2C(=O)COC(=O)c2sc3cc(OC)ccc3c2Cl)cc1. The molecule has 3 aromatic carbocycles. The highest BCUT2D eigenvalue weighted by molar-refractivity contribution is 7.21. The molecule has 2 heterocycles. The van der Waals surface area contributed by atoms with E-state index in [0.717, 1.165) is 32.7 Å². The molecule has 1 aliphatic rings. The molecule has 37 heavy (non-hydrogen) atoms. The summed E-state index contributed by atoms with van der Waals surface area (Å²) in [5.41, 5.74) is 2.61. The Morgan fingerprint density at radius 2 is 1.70 bits per heavy atom. The van der Waals surface area contributed by atoms with Crippen molar-refractivity contribution in [1.29, 1.82) is 0 Å². The van der Waals surface area contributed by atoms with Gasteiger partial charge in [0, 0.05) is 16.5 Å². The Balaban J connectivity index is 1.36. The molecule has 188 valence electrons. The van der Waals surface area contributed by atoms with Gasteiger partial charge in [0.15, 0.2) is 6.61 Å². The van der Waals surface area contributed by atoms with Crippen molar-refractivity contribution in [2.24, 2.45) is 5.10 Å². The maximum absolute atomic E-state index is 13.3. The van der Waals surface area contributed by atoms with Crippen molar-refractivity contribution < 1.29 is 23.8 Å². The lowest BCUT2D eigenvalue weighted by Crippen LogP contribution is -2.31. The summed E-state index contributed by atoms with van der Waals surface area (Å²) >= 11 is 7.64. The number of methoxy groups -OCH3 is 2. The molecule has 5 rings (SSSR count). The lowest BCUT2D eigenvalue weighted by molar-refractivity contribution is -0.136. The van der Waals surface area contributed by atoms with Gasteiger partial charge in [-0.05, 0) is 41.5 Å². The average molecular weight is 535 g/mol. The quantitative estimate of drug-likeness (QED) is 0.267. The van der Waals surface area contributed by atoms with Gasteiger partial charge in [0.05, 0.1) is 31.0 Å². The van der Waals surface area contributed by atoms with Gasteiger partial charge in [-0.25, -0.2) is 9.80 Å². The molecule has 0 saturated carbocycles.